The lowest BCUT2D eigenvalue weighted by molar-refractivity contribution is 0.0921. The standard InChI is InChI=1S/C21H26N4O4S2/c1-15(2)24-31(27,28)14-17-6-4-16(5-7-17)12-23-20(26)19-9-8-18(29-19)13-30-21-22-10-11-25(21)3/h4-11,15,24H,12-14H2,1-3H3,(H,23,26). The second kappa shape index (κ2) is 10.2. The molecule has 3 rings (SSSR count). The van der Waals surface area contributed by atoms with Crippen LogP contribution < -0.4 is 10.0 Å². The number of aromatic nitrogens is 2. The zero-order valence-corrected chi connectivity index (χ0v) is 19.3. The average molecular weight is 463 g/mol. The van der Waals surface area contributed by atoms with Crippen LogP contribution in [0.2, 0.25) is 0 Å². The van der Waals surface area contributed by atoms with Crippen molar-refractivity contribution in [1.29, 1.82) is 0 Å². The summed E-state index contributed by atoms with van der Waals surface area (Å²) < 4.78 is 34.1. The first kappa shape index (κ1) is 23.1. The van der Waals surface area contributed by atoms with Crippen LogP contribution in [-0.4, -0.2) is 29.9 Å². The summed E-state index contributed by atoms with van der Waals surface area (Å²) in [7, 11) is -1.45. The maximum Gasteiger partial charge on any atom is 0.287 e. The van der Waals surface area contributed by atoms with Gasteiger partial charge in [0, 0.05) is 32.0 Å². The van der Waals surface area contributed by atoms with Crippen molar-refractivity contribution in [2.45, 2.75) is 43.1 Å². The summed E-state index contributed by atoms with van der Waals surface area (Å²) in [5, 5.41) is 3.69. The minimum Gasteiger partial charge on any atom is -0.455 e. The van der Waals surface area contributed by atoms with Gasteiger partial charge in [-0.25, -0.2) is 18.1 Å². The Balaban J connectivity index is 1.49. The molecular formula is C21H26N4O4S2. The summed E-state index contributed by atoms with van der Waals surface area (Å²) in [5.41, 5.74) is 1.55. The fourth-order valence-electron chi connectivity index (χ4n) is 2.85. The highest BCUT2D eigenvalue weighted by Crippen LogP contribution is 2.22. The molecule has 1 aromatic carbocycles. The van der Waals surface area contributed by atoms with Crippen LogP contribution in [0.1, 0.15) is 41.3 Å². The molecule has 0 saturated carbocycles. The van der Waals surface area contributed by atoms with Gasteiger partial charge in [-0.15, -0.1) is 0 Å². The van der Waals surface area contributed by atoms with E-state index in [4.69, 9.17) is 4.42 Å². The average Bonchev–Trinajstić information content (AvgIpc) is 3.33. The van der Waals surface area contributed by atoms with E-state index in [1.165, 1.54) is 11.8 Å². The molecule has 166 valence electrons. The molecule has 0 atom stereocenters. The molecule has 0 fully saturated rings. The zero-order chi connectivity index (χ0) is 22.4. The number of thioether (sulfide) groups is 1. The molecule has 1 amide bonds. The molecule has 0 radical (unpaired) electrons. The Morgan fingerprint density at radius 2 is 1.87 bits per heavy atom. The van der Waals surface area contributed by atoms with Crippen LogP contribution >= 0.6 is 11.8 Å². The molecule has 2 aromatic heterocycles. The van der Waals surface area contributed by atoms with E-state index in [1.54, 1.807) is 56.4 Å². The lowest BCUT2D eigenvalue weighted by Gasteiger charge is -2.10. The van der Waals surface area contributed by atoms with Gasteiger partial charge < -0.3 is 14.3 Å². The largest absolute Gasteiger partial charge is 0.455 e. The number of nitrogens with one attached hydrogen (secondary N) is 2. The van der Waals surface area contributed by atoms with E-state index in [9.17, 15) is 13.2 Å². The van der Waals surface area contributed by atoms with Crippen molar-refractivity contribution >= 4 is 27.7 Å². The molecule has 31 heavy (non-hydrogen) atoms. The number of imidazole rings is 1. The Hall–Kier alpha value is -2.56. The summed E-state index contributed by atoms with van der Waals surface area (Å²) in [4.78, 5) is 16.6. The SMILES string of the molecule is CC(C)NS(=O)(=O)Cc1ccc(CNC(=O)c2ccc(CSc3nccn3C)o2)cc1. The lowest BCUT2D eigenvalue weighted by atomic mass is 10.1. The Morgan fingerprint density at radius 1 is 1.16 bits per heavy atom. The van der Waals surface area contributed by atoms with Crippen LogP contribution in [0.5, 0.6) is 0 Å². The first-order valence-electron chi connectivity index (χ1n) is 9.77. The molecule has 0 unspecified atom stereocenters. The number of sulfonamides is 1. The van der Waals surface area contributed by atoms with Crippen molar-refractivity contribution in [3.63, 3.8) is 0 Å². The molecule has 2 N–H and O–H groups in total. The predicted octanol–water partition coefficient (Wildman–Crippen LogP) is 3.06. The molecule has 0 aliphatic rings. The first-order valence-corrected chi connectivity index (χ1v) is 12.4. The van der Waals surface area contributed by atoms with E-state index in [-0.39, 0.29) is 23.5 Å². The zero-order valence-electron chi connectivity index (χ0n) is 17.7. The number of carbonyl (C=O) groups excluding carboxylic acids is 1. The Morgan fingerprint density at radius 3 is 2.52 bits per heavy atom. The van der Waals surface area contributed by atoms with Crippen LogP contribution in [0.3, 0.4) is 0 Å². The number of carbonyl (C=O) groups is 1. The highest BCUT2D eigenvalue weighted by Gasteiger charge is 2.14. The third kappa shape index (κ3) is 6.98. The summed E-state index contributed by atoms with van der Waals surface area (Å²) >= 11 is 1.53. The molecule has 0 spiro atoms. The molecule has 2 heterocycles. The van der Waals surface area contributed by atoms with Crippen molar-refractivity contribution in [3.8, 4) is 0 Å². The molecular weight excluding hydrogens is 436 g/mol. The highest BCUT2D eigenvalue weighted by atomic mass is 32.2. The van der Waals surface area contributed by atoms with E-state index in [1.807, 2.05) is 17.8 Å². The number of rotatable bonds is 10. The number of aryl methyl sites for hydroxylation is 1. The highest BCUT2D eigenvalue weighted by molar-refractivity contribution is 7.98. The van der Waals surface area contributed by atoms with Gasteiger partial charge in [-0.05, 0) is 37.1 Å². The summed E-state index contributed by atoms with van der Waals surface area (Å²) in [6.07, 6.45) is 3.61. The van der Waals surface area contributed by atoms with E-state index >= 15 is 0 Å². The number of hydrogen-bond acceptors (Lipinski definition) is 6. The van der Waals surface area contributed by atoms with Crippen molar-refractivity contribution in [3.05, 3.63) is 71.4 Å². The van der Waals surface area contributed by atoms with Crippen LogP contribution in [-0.2, 0) is 35.1 Å². The summed E-state index contributed by atoms with van der Waals surface area (Å²) in [6, 6.07) is 10.4. The first-order chi connectivity index (χ1) is 14.7. The predicted molar refractivity (Wildman–Crippen MR) is 120 cm³/mol. The third-order valence-electron chi connectivity index (χ3n) is 4.25. The van der Waals surface area contributed by atoms with Gasteiger partial charge in [-0.2, -0.15) is 0 Å². The van der Waals surface area contributed by atoms with Gasteiger partial charge >= 0.3 is 0 Å². The third-order valence-corrected chi connectivity index (χ3v) is 6.88. The van der Waals surface area contributed by atoms with Crippen LogP contribution in [0.25, 0.3) is 0 Å². The number of benzene rings is 1. The fourth-order valence-corrected chi connectivity index (χ4v) is 5.11. The number of hydrogen-bond donors (Lipinski definition) is 2. The van der Waals surface area contributed by atoms with E-state index in [0.29, 0.717) is 23.6 Å². The van der Waals surface area contributed by atoms with E-state index in [0.717, 1.165) is 10.7 Å². The second-order valence-electron chi connectivity index (χ2n) is 7.41. The van der Waals surface area contributed by atoms with Gasteiger partial charge in [-0.1, -0.05) is 36.0 Å². The van der Waals surface area contributed by atoms with Crippen LogP contribution in [0.4, 0.5) is 0 Å². The Bertz CT molecular complexity index is 1120. The van der Waals surface area contributed by atoms with Gasteiger partial charge in [0.2, 0.25) is 10.0 Å². The summed E-state index contributed by atoms with van der Waals surface area (Å²) in [6.45, 7) is 3.88. The van der Waals surface area contributed by atoms with Gasteiger partial charge in [0.25, 0.3) is 5.91 Å². The van der Waals surface area contributed by atoms with Crippen LogP contribution in [0.15, 0.2) is 58.4 Å². The minimum atomic E-state index is -3.37. The van der Waals surface area contributed by atoms with Crippen molar-refractivity contribution < 1.29 is 17.6 Å². The molecule has 0 bridgehead atoms. The van der Waals surface area contributed by atoms with Crippen molar-refractivity contribution in [2.24, 2.45) is 7.05 Å². The Kier molecular flexibility index (Phi) is 7.58. The van der Waals surface area contributed by atoms with Gasteiger partial charge in [0.15, 0.2) is 10.9 Å². The second-order valence-corrected chi connectivity index (χ2v) is 10.1. The number of amides is 1. The van der Waals surface area contributed by atoms with Gasteiger partial charge in [0.05, 0.1) is 11.5 Å². The maximum atomic E-state index is 12.4. The number of nitrogens with zero attached hydrogens (tertiary/aromatic N) is 2. The number of furan rings is 1. The fraction of sp³-hybridized carbons (Fsp3) is 0.333. The monoisotopic (exact) mass is 462 g/mol. The van der Waals surface area contributed by atoms with Crippen molar-refractivity contribution in [1.82, 2.24) is 19.6 Å². The molecule has 0 aliphatic heterocycles. The van der Waals surface area contributed by atoms with Crippen LogP contribution in [0, 0.1) is 0 Å². The normalized spacial score (nSPS) is 11.7. The molecule has 3 aromatic rings. The topological polar surface area (TPSA) is 106 Å². The minimum absolute atomic E-state index is 0.0801. The molecule has 10 heteroatoms. The van der Waals surface area contributed by atoms with E-state index in [2.05, 4.69) is 15.0 Å². The van der Waals surface area contributed by atoms with Gasteiger partial charge in [-0.3, -0.25) is 4.79 Å². The van der Waals surface area contributed by atoms with Crippen molar-refractivity contribution in [2.75, 3.05) is 0 Å². The molecule has 0 aliphatic carbocycles. The summed E-state index contributed by atoms with van der Waals surface area (Å²) in [5.74, 6) is 1.13. The molecule has 8 nitrogen and oxygen atoms in total. The maximum absolute atomic E-state index is 12.4. The lowest BCUT2D eigenvalue weighted by Crippen LogP contribution is -2.31. The molecule has 0 saturated heterocycles. The smallest absolute Gasteiger partial charge is 0.287 e. The quantitative estimate of drug-likeness (QED) is 0.449. The van der Waals surface area contributed by atoms with Gasteiger partial charge in [0.1, 0.15) is 5.76 Å². The Labute approximate surface area is 186 Å². The van der Waals surface area contributed by atoms with E-state index < -0.39 is 10.0 Å².